The lowest BCUT2D eigenvalue weighted by atomic mass is 10.1. The quantitative estimate of drug-likeness (QED) is 0.920. The smallest absolute Gasteiger partial charge is 0.160 e. The Balaban J connectivity index is 2.01. The van der Waals surface area contributed by atoms with Gasteiger partial charge in [0.1, 0.15) is 11.3 Å². The fourth-order valence-electron chi connectivity index (χ4n) is 3.12. The third-order valence-electron chi connectivity index (χ3n) is 4.05. The van der Waals surface area contributed by atoms with Gasteiger partial charge in [-0.25, -0.2) is 9.97 Å². The summed E-state index contributed by atoms with van der Waals surface area (Å²) in [6.45, 7) is 2.43. The average molecular weight is 274 g/mol. The van der Waals surface area contributed by atoms with Crippen LogP contribution in [0.25, 0.3) is 11.2 Å². The monoisotopic (exact) mass is 274 g/mol. The summed E-state index contributed by atoms with van der Waals surface area (Å²) in [4.78, 5) is 11.6. The molecule has 0 aliphatic carbocycles. The largest absolute Gasteiger partial charge is 0.396 e. The minimum absolute atomic E-state index is 0.210. The number of hydrogen-bond donors (Lipinski definition) is 1. The number of fused-ring (bicyclic) bond motifs is 1. The normalized spacial score (nSPS) is 20.6. The highest BCUT2D eigenvalue weighted by Gasteiger charge is 2.23. The molecule has 1 saturated heterocycles. The summed E-state index contributed by atoms with van der Waals surface area (Å²) in [7, 11) is 2.17. The molecule has 1 aliphatic rings. The number of pyridine rings is 1. The zero-order valence-corrected chi connectivity index (χ0v) is 12.0. The molecule has 0 spiro atoms. The van der Waals surface area contributed by atoms with Crippen LogP contribution in [0.1, 0.15) is 31.1 Å². The van der Waals surface area contributed by atoms with Gasteiger partial charge in [-0.15, -0.1) is 0 Å². The number of imidazole rings is 1. The molecule has 3 heterocycles. The van der Waals surface area contributed by atoms with Crippen LogP contribution in [0.2, 0.25) is 0 Å². The van der Waals surface area contributed by atoms with Crippen LogP contribution in [0, 0.1) is 0 Å². The molecule has 1 fully saturated rings. The minimum atomic E-state index is 0.210. The number of rotatable bonds is 4. The van der Waals surface area contributed by atoms with Gasteiger partial charge in [-0.3, -0.25) is 0 Å². The molecule has 0 amide bonds. The van der Waals surface area contributed by atoms with E-state index in [0.717, 1.165) is 36.4 Å². The van der Waals surface area contributed by atoms with E-state index >= 15 is 0 Å². The second-order valence-electron chi connectivity index (χ2n) is 5.63. The zero-order valence-electron chi connectivity index (χ0n) is 12.0. The Morgan fingerprint density at radius 2 is 2.35 bits per heavy atom. The van der Waals surface area contributed by atoms with E-state index in [9.17, 15) is 0 Å². The van der Waals surface area contributed by atoms with Crippen LogP contribution in [-0.2, 0) is 6.42 Å². The number of aryl methyl sites for hydroxylation is 1. The second-order valence-corrected chi connectivity index (χ2v) is 5.63. The maximum Gasteiger partial charge on any atom is 0.160 e. The molecule has 2 aromatic rings. The number of aliphatic hydroxyl groups is 1. The fourth-order valence-corrected chi connectivity index (χ4v) is 3.12. The van der Waals surface area contributed by atoms with Crippen molar-refractivity contribution in [3.63, 3.8) is 0 Å². The number of likely N-dealkylation sites (tertiary alicyclic amines) is 1. The summed E-state index contributed by atoms with van der Waals surface area (Å²) in [5.41, 5.74) is 1.95. The molecule has 1 aliphatic heterocycles. The number of likely N-dealkylation sites (N-methyl/N-ethyl adjacent to an activating group) is 1. The predicted octanol–water partition coefficient (Wildman–Crippen LogP) is 1.62. The van der Waals surface area contributed by atoms with Gasteiger partial charge in [0.2, 0.25) is 0 Å². The van der Waals surface area contributed by atoms with E-state index in [2.05, 4.69) is 21.5 Å². The second kappa shape index (κ2) is 5.89. The summed E-state index contributed by atoms with van der Waals surface area (Å²) in [6, 6.07) is 4.40. The van der Waals surface area contributed by atoms with Crippen molar-refractivity contribution in [3.05, 3.63) is 24.2 Å². The van der Waals surface area contributed by atoms with Crippen LogP contribution in [-0.4, -0.2) is 51.3 Å². The van der Waals surface area contributed by atoms with Crippen LogP contribution in [0.15, 0.2) is 18.3 Å². The van der Waals surface area contributed by atoms with Crippen LogP contribution in [0.3, 0.4) is 0 Å². The Kier molecular flexibility index (Phi) is 3.98. The zero-order chi connectivity index (χ0) is 13.9. The van der Waals surface area contributed by atoms with E-state index in [1.54, 1.807) is 0 Å². The topological polar surface area (TPSA) is 54.2 Å². The van der Waals surface area contributed by atoms with Crippen LogP contribution < -0.4 is 0 Å². The van der Waals surface area contributed by atoms with Gasteiger partial charge >= 0.3 is 0 Å². The van der Waals surface area contributed by atoms with E-state index in [4.69, 9.17) is 10.1 Å². The Bertz CT molecular complexity index is 580. The standard InChI is InChI=1S/C15H22N4O/c1-18-9-3-5-12(11-18)19-14(7-4-10-20)17-13-6-2-8-16-15(13)19/h2,6,8,12,20H,3-5,7,9-11H2,1H3. The Morgan fingerprint density at radius 3 is 3.15 bits per heavy atom. The number of aliphatic hydroxyl groups excluding tert-OH is 1. The van der Waals surface area contributed by atoms with Gasteiger partial charge in [0, 0.05) is 31.8 Å². The van der Waals surface area contributed by atoms with Crippen molar-refractivity contribution >= 4 is 11.2 Å². The molecule has 1 atom stereocenters. The van der Waals surface area contributed by atoms with Gasteiger partial charge < -0.3 is 14.6 Å². The van der Waals surface area contributed by atoms with E-state index in [0.29, 0.717) is 6.04 Å². The lowest BCUT2D eigenvalue weighted by molar-refractivity contribution is 0.211. The molecular formula is C15H22N4O. The van der Waals surface area contributed by atoms with Gasteiger partial charge in [-0.1, -0.05) is 0 Å². The number of aromatic nitrogens is 3. The highest BCUT2D eigenvalue weighted by Crippen LogP contribution is 2.27. The third kappa shape index (κ3) is 2.55. The highest BCUT2D eigenvalue weighted by atomic mass is 16.2. The van der Waals surface area contributed by atoms with Crippen molar-refractivity contribution in [2.24, 2.45) is 0 Å². The molecule has 0 saturated carbocycles. The molecule has 1 unspecified atom stereocenters. The Labute approximate surface area is 119 Å². The first-order valence-electron chi connectivity index (χ1n) is 7.41. The van der Waals surface area contributed by atoms with Crippen LogP contribution in [0.4, 0.5) is 0 Å². The SMILES string of the molecule is CN1CCCC(n2c(CCCO)nc3cccnc32)C1. The molecular weight excluding hydrogens is 252 g/mol. The molecule has 108 valence electrons. The fraction of sp³-hybridized carbons (Fsp3) is 0.600. The van der Waals surface area contributed by atoms with Gasteiger partial charge in [-0.05, 0) is 45.0 Å². The molecule has 1 N–H and O–H groups in total. The molecule has 3 rings (SSSR count). The van der Waals surface area contributed by atoms with Crippen molar-refractivity contribution in [1.82, 2.24) is 19.4 Å². The lowest BCUT2D eigenvalue weighted by Crippen LogP contribution is -2.34. The summed E-state index contributed by atoms with van der Waals surface area (Å²) in [5.74, 6) is 1.06. The Morgan fingerprint density at radius 1 is 1.45 bits per heavy atom. The third-order valence-corrected chi connectivity index (χ3v) is 4.05. The van der Waals surface area contributed by atoms with Crippen molar-refractivity contribution < 1.29 is 5.11 Å². The van der Waals surface area contributed by atoms with Gasteiger partial charge in [0.15, 0.2) is 5.65 Å². The number of piperidine rings is 1. The summed E-state index contributed by atoms with van der Waals surface area (Å²) < 4.78 is 2.31. The van der Waals surface area contributed by atoms with Crippen molar-refractivity contribution in [2.45, 2.75) is 31.7 Å². The van der Waals surface area contributed by atoms with Gasteiger partial charge in [-0.2, -0.15) is 0 Å². The van der Waals surface area contributed by atoms with E-state index in [1.165, 1.54) is 19.4 Å². The molecule has 5 heteroatoms. The van der Waals surface area contributed by atoms with E-state index in [1.807, 2.05) is 18.3 Å². The first kappa shape index (κ1) is 13.5. The molecule has 0 radical (unpaired) electrons. The van der Waals surface area contributed by atoms with E-state index in [-0.39, 0.29) is 6.61 Å². The molecule has 20 heavy (non-hydrogen) atoms. The maximum atomic E-state index is 9.08. The number of nitrogens with zero attached hydrogens (tertiary/aromatic N) is 4. The van der Waals surface area contributed by atoms with Crippen molar-refractivity contribution in [1.29, 1.82) is 0 Å². The van der Waals surface area contributed by atoms with E-state index < -0.39 is 0 Å². The predicted molar refractivity (Wildman–Crippen MR) is 78.7 cm³/mol. The van der Waals surface area contributed by atoms with Crippen LogP contribution in [0.5, 0.6) is 0 Å². The van der Waals surface area contributed by atoms with Gasteiger partial charge in [0.05, 0.1) is 0 Å². The molecule has 2 aromatic heterocycles. The highest BCUT2D eigenvalue weighted by molar-refractivity contribution is 5.71. The maximum absolute atomic E-state index is 9.08. The molecule has 5 nitrogen and oxygen atoms in total. The van der Waals surface area contributed by atoms with Crippen molar-refractivity contribution in [2.75, 3.05) is 26.7 Å². The number of hydrogen-bond acceptors (Lipinski definition) is 4. The molecule has 0 bridgehead atoms. The molecule has 0 aromatic carbocycles. The minimum Gasteiger partial charge on any atom is -0.396 e. The summed E-state index contributed by atoms with van der Waals surface area (Å²) >= 11 is 0. The Hall–Kier alpha value is -1.46. The average Bonchev–Trinajstić information content (AvgIpc) is 2.83. The summed E-state index contributed by atoms with van der Waals surface area (Å²) in [5, 5.41) is 9.08. The van der Waals surface area contributed by atoms with Crippen molar-refractivity contribution in [3.8, 4) is 0 Å². The first-order chi connectivity index (χ1) is 9.79. The summed E-state index contributed by atoms with van der Waals surface area (Å²) in [6.07, 6.45) is 5.80. The lowest BCUT2D eigenvalue weighted by Gasteiger charge is -2.31. The van der Waals surface area contributed by atoms with Crippen LogP contribution >= 0.6 is 0 Å². The van der Waals surface area contributed by atoms with Gasteiger partial charge in [0.25, 0.3) is 0 Å². The first-order valence-corrected chi connectivity index (χ1v) is 7.41.